The quantitative estimate of drug-likeness (QED) is 0.645. The lowest BCUT2D eigenvalue weighted by Gasteiger charge is -2.04. The predicted octanol–water partition coefficient (Wildman–Crippen LogP) is 3.71. The molecule has 1 saturated carbocycles. The lowest BCUT2D eigenvalue weighted by Crippen LogP contribution is -2.11. The van der Waals surface area contributed by atoms with Crippen molar-refractivity contribution in [2.24, 2.45) is 10.6 Å². The second-order valence-electron chi connectivity index (χ2n) is 7.57. The maximum atomic E-state index is 14.0. The Kier molecular flexibility index (Phi) is 4.32. The van der Waals surface area contributed by atoms with Gasteiger partial charge in [0.1, 0.15) is 11.4 Å². The molecule has 3 aromatic rings. The van der Waals surface area contributed by atoms with E-state index in [4.69, 9.17) is 9.66 Å². The van der Waals surface area contributed by atoms with E-state index in [9.17, 15) is 21.6 Å². The van der Waals surface area contributed by atoms with Gasteiger partial charge < -0.3 is 4.52 Å². The molecule has 0 saturated heterocycles. The molecule has 0 amide bonds. The molecule has 1 heterocycles. The van der Waals surface area contributed by atoms with Crippen LogP contribution in [-0.2, 0) is 10.0 Å². The lowest BCUT2D eigenvalue weighted by atomic mass is 10.0. The van der Waals surface area contributed by atoms with E-state index in [1.54, 1.807) is 12.1 Å². The number of hydrogen-bond donors (Lipinski definition) is 1. The highest BCUT2D eigenvalue weighted by atomic mass is 32.2. The predicted molar refractivity (Wildman–Crippen MR) is 96.7 cm³/mol. The third-order valence-corrected chi connectivity index (χ3v) is 6.30. The molecule has 0 aliphatic heterocycles. The summed E-state index contributed by atoms with van der Waals surface area (Å²) in [7, 11) is -3.80. The first-order valence-electron chi connectivity index (χ1n) is 8.62. The molecule has 2 atom stereocenters. The first-order valence-corrected chi connectivity index (χ1v) is 10.2. The van der Waals surface area contributed by atoms with Gasteiger partial charge in [0, 0.05) is 11.8 Å². The molecule has 1 aromatic heterocycles. The number of nitrogens with zero attached hydrogens (tertiary/aromatic N) is 2. The highest BCUT2D eigenvalue weighted by molar-refractivity contribution is 7.89. The minimum Gasteiger partial charge on any atom is -0.334 e. The maximum Gasteiger partial charge on any atom is 0.264 e. The summed E-state index contributed by atoms with van der Waals surface area (Å²) < 4.78 is 69.3. The van der Waals surface area contributed by atoms with Crippen LogP contribution in [0.3, 0.4) is 0 Å². The molecule has 0 bridgehead atoms. The van der Waals surface area contributed by atoms with Gasteiger partial charge in [0.25, 0.3) is 5.89 Å². The summed E-state index contributed by atoms with van der Waals surface area (Å²) in [5.41, 5.74) is -0.193. The van der Waals surface area contributed by atoms with E-state index in [0.717, 1.165) is 11.6 Å². The van der Waals surface area contributed by atoms with Gasteiger partial charge in [-0.1, -0.05) is 31.1 Å². The Hall–Kier alpha value is -2.72. The fraction of sp³-hybridized carbons (Fsp3) is 0.263. The molecular formula is C19H16F3N3O3S. The number of halogens is 3. The molecule has 0 spiro atoms. The third-order valence-electron chi connectivity index (χ3n) is 5.37. The summed E-state index contributed by atoms with van der Waals surface area (Å²) in [6.07, 6.45) is 0. The summed E-state index contributed by atoms with van der Waals surface area (Å²) in [4.78, 5) is 4.09. The number of sulfonamides is 1. The second-order valence-corrected chi connectivity index (χ2v) is 9.13. The summed E-state index contributed by atoms with van der Waals surface area (Å²) in [5.74, 6) is -4.16. The van der Waals surface area contributed by atoms with Gasteiger partial charge in [0.05, 0.1) is 4.90 Å². The van der Waals surface area contributed by atoms with Crippen LogP contribution in [0.15, 0.2) is 45.8 Å². The molecule has 1 aliphatic rings. The fourth-order valence-corrected chi connectivity index (χ4v) is 4.31. The number of aromatic nitrogens is 2. The van der Waals surface area contributed by atoms with Gasteiger partial charge in [-0.3, -0.25) is 0 Å². The van der Waals surface area contributed by atoms with E-state index >= 15 is 0 Å². The Morgan fingerprint density at radius 2 is 1.62 bits per heavy atom. The van der Waals surface area contributed by atoms with Gasteiger partial charge in [-0.05, 0) is 35.2 Å². The Morgan fingerprint density at radius 1 is 1.00 bits per heavy atom. The molecule has 29 heavy (non-hydrogen) atoms. The number of benzene rings is 2. The van der Waals surface area contributed by atoms with Crippen molar-refractivity contribution in [3.8, 4) is 11.5 Å². The fourth-order valence-electron chi connectivity index (χ4n) is 3.79. The first kappa shape index (κ1) is 19.6. The van der Waals surface area contributed by atoms with Crippen LogP contribution < -0.4 is 5.14 Å². The molecule has 152 valence electrons. The van der Waals surface area contributed by atoms with Crippen molar-refractivity contribution in [3.05, 3.63) is 65.2 Å². The van der Waals surface area contributed by atoms with Crippen molar-refractivity contribution in [1.29, 1.82) is 0 Å². The Labute approximate surface area is 164 Å². The molecule has 0 radical (unpaired) electrons. The number of hydrogen-bond acceptors (Lipinski definition) is 5. The van der Waals surface area contributed by atoms with E-state index < -0.39 is 38.9 Å². The lowest BCUT2D eigenvalue weighted by molar-refractivity contribution is 0.411. The summed E-state index contributed by atoms with van der Waals surface area (Å²) >= 11 is 0. The SMILES string of the molecule is CC1(C)[C@@H](c2ccc(S(N)(=O)=O)cc2)[C@@H]1c1noc(-c2c(F)ccc(F)c2F)n1. The van der Waals surface area contributed by atoms with Crippen molar-refractivity contribution in [2.75, 3.05) is 0 Å². The van der Waals surface area contributed by atoms with E-state index in [0.29, 0.717) is 6.07 Å². The molecule has 4 rings (SSSR count). The van der Waals surface area contributed by atoms with Crippen LogP contribution in [0.5, 0.6) is 0 Å². The molecule has 6 nitrogen and oxygen atoms in total. The maximum absolute atomic E-state index is 14.0. The average molecular weight is 423 g/mol. The van der Waals surface area contributed by atoms with E-state index in [2.05, 4.69) is 10.1 Å². The van der Waals surface area contributed by atoms with Crippen LogP contribution in [0.2, 0.25) is 0 Å². The Balaban J connectivity index is 1.66. The van der Waals surface area contributed by atoms with Gasteiger partial charge >= 0.3 is 0 Å². The zero-order chi connectivity index (χ0) is 21.1. The number of rotatable bonds is 4. The Morgan fingerprint density at radius 3 is 2.24 bits per heavy atom. The molecule has 0 unspecified atom stereocenters. The third kappa shape index (κ3) is 3.22. The smallest absolute Gasteiger partial charge is 0.264 e. The molecule has 1 aliphatic carbocycles. The molecular weight excluding hydrogens is 407 g/mol. The van der Waals surface area contributed by atoms with Crippen LogP contribution >= 0.6 is 0 Å². The first-order chi connectivity index (χ1) is 13.5. The van der Waals surface area contributed by atoms with E-state index in [-0.39, 0.29) is 28.0 Å². The van der Waals surface area contributed by atoms with Gasteiger partial charge in [-0.25, -0.2) is 26.7 Å². The van der Waals surface area contributed by atoms with Gasteiger partial charge in [0.2, 0.25) is 10.0 Å². The van der Waals surface area contributed by atoms with Crippen LogP contribution in [0.25, 0.3) is 11.5 Å². The minimum absolute atomic E-state index is 0.00448. The zero-order valence-corrected chi connectivity index (χ0v) is 16.2. The van der Waals surface area contributed by atoms with Crippen molar-refractivity contribution in [1.82, 2.24) is 10.1 Å². The summed E-state index contributed by atoms with van der Waals surface area (Å²) in [6, 6.07) is 7.59. The number of primary sulfonamides is 1. The number of nitrogens with two attached hydrogens (primary N) is 1. The molecule has 2 N–H and O–H groups in total. The van der Waals surface area contributed by atoms with Gasteiger partial charge in [-0.2, -0.15) is 4.98 Å². The van der Waals surface area contributed by atoms with Gasteiger partial charge in [0.15, 0.2) is 17.5 Å². The van der Waals surface area contributed by atoms with Crippen molar-refractivity contribution in [3.63, 3.8) is 0 Å². The van der Waals surface area contributed by atoms with Crippen molar-refractivity contribution < 1.29 is 26.1 Å². The van der Waals surface area contributed by atoms with Crippen molar-refractivity contribution >= 4 is 10.0 Å². The highest BCUT2D eigenvalue weighted by Gasteiger charge is 2.61. The monoisotopic (exact) mass is 423 g/mol. The van der Waals surface area contributed by atoms with Gasteiger partial charge in [-0.15, -0.1) is 0 Å². The van der Waals surface area contributed by atoms with E-state index in [1.165, 1.54) is 12.1 Å². The summed E-state index contributed by atoms with van der Waals surface area (Å²) in [6.45, 7) is 3.91. The highest BCUT2D eigenvalue weighted by Crippen LogP contribution is 2.69. The standard InChI is InChI=1S/C19H16F3N3O3S/c1-19(2)14(9-3-5-10(6-4-9)29(23,26)27)15(19)17-24-18(28-25-17)13-11(20)7-8-12(21)16(13)22/h3-8,14-15H,1-2H3,(H2,23,26,27)/t14-,15+/m0/s1. The normalized spacial score (nSPS) is 20.6. The largest absolute Gasteiger partial charge is 0.334 e. The van der Waals surface area contributed by atoms with Crippen LogP contribution in [0.4, 0.5) is 13.2 Å². The molecule has 2 aromatic carbocycles. The van der Waals surface area contributed by atoms with Crippen LogP contribution in [0, 0.1) is 22.9 Å². The van der Waals surface area contributed by atoms with Crippen LogP contribution in [-0.4, -0.2) is 18.6 Å². The average Bonchev–Trinajstić information content (AvgIpc) is 2.98. The Bertz CT molecular complexity index is 1210. The second kappa shape index (κ2) is 6.39. The van der Waals surface area contributed by atoms with Crippen molar-refractivity contribution in [2.45, 2.75) is 30.6 Å². The van der Waals surface area contributed by atoms with E-state index in [1.807, 2.05) is 13.8 Å². The molecule has 1 fully saturated rings. The topological polar surface area (TPSA) is 99.1 Å². The summed E-state index contributed by atoms with van der Waals surface area (Å²) in [5, 5.41) is 8.95. The van der Waals surface area contributed by atoms with Crippen LogP contribution in [0.1, 0.15) is 37.1 Å². The molecule has 10 heteroatoms. The zero-order valence-electron chi connectivity index (χ0n) is 15.4. The minimum atomic E-state index is -3.80.